The highest BCUT2D eigenvalue weighted by molar-refractivity contribution is 6.19. The van der Waals surface area contributed by atoms with Crippen molar-refractivity contribution < 1.29 is 19.0 Å². The van der Waals surface area contributed by atoms with Gasteiger partial charge in [0.25, 0.3) is 5.91 Å². The van der Waals surface area contributed by atoms with Crippen molar-refractivity contribution in [2.45, 2.75) is 18.4 Å². The van der Waals surface area contributed by atoms with Gasteiger partial charge in [0.2, 0.25) is 0 Å². The fourth-order valence-electron chi connectivity index (χ4n) is 2.35. The van der Waals surface area contributed by atoms with Crippen LogP contribution in [0.2, 0.25) is 0 Å². The van der Waals surface area contributed by atoms with Crippen molar-refractivity contribution in [3.8, 4) is 11.5 Å². The molecular formula is C15H20ClNO4. The Labute approximate surface area is 129 Å². The van der Waals surface area contributed by atoms with E-state index in [4.69, 9.17) is 25.8 Å². The van der Waals surface area contributed by atoms with Crippen molar-refractivity contribution in [1.82, 2.24) is 5.32 Å². The topological polar surface area (TPSA) is 56.8 Å². The van der Waals surface area contributed by atoms with Crippen LogP contribution in [0.25, 0.3) is 0 Å². The Morgan fingerprint density at radius 1 is 1.33 bits per heavy atom. The summed E-state index contributed by atoms with van der Waals surface area (Å²) in [5.41, 5.74) is 0.0521. The van der Waals surface area contributed by atoms with Crippen LogP contribution in [-0.2, 0) is 4.74 Å². The minimum absolute atomic E-state index is 0.197. The largest absolute Gasteiger partial charge is 0.497 e. The first-order valence-electron chi connectivity index (χ1n) is 6.82. The first kappa shape index (κ1) is 15.9. The zero-order chi connectivity index (χ0) is 15.3. The highest BCUT2D eigenvalue weighted by Crippen LogP contribution is 2.27. The molecule has 6 heteroatoms. The van der Waals surface area contributed by atoms with Crippen molar-refractivity contribution >= 4 is 17.5 Å². The predicted octanol–water partition coefficient (Wildman–Crippen LogP) is 2.22. The SMILES string of the molecule is COc1ccc(C(=O)NC2(CCl)CCOCC2)c(OC)c1. The maximum absolute atomic E-state index is 12.5. The standard InChI is InChI=1S/C15H20ClNO4/c1-19-11-3-4-12(13(9-11)20-2)14(18)17-15(10-16)5-7-21-8-6-15/h3-4,9H,5-8,10H2,1-2H3,(H,17,18). The molecule has 1 N–H and O–H groups in total. The molecule has 0 atom stereocenters. The van der Waals surface area contributed by atoms with E-state index in [1.54, 1.807) is 25.3 Å². The van der Waals surface area contributed by atoms with Gasteiger partial charge in [0.1, 0.15) is 11.5 Å². The molecule has 1 aliphatic heterocycles. The molecule has 1 saturated heterocycles. The quantitative estimate of drug-likeness (QED) is 0.847. The summed E-state index contributed by atoms with van der Waals surface area (Å²) < 4.78 is 15.7. The average molecular weight is 314 g/mol. The Kier molecular flexibility index (Phi) is 5.31. The van der Waals surface area contributed by atoms with Gasteiger partial charge in [0.15, 0.2) is 0 Å². The number of rotatable bonds is 5. The van der Waals surface area contributed by atoms with E-state index in [9.17, 15) is 4.79 Å². The summed E-state index contributed by atoms with van der Waals surface area (Å²) in [4.78, 5) is 12.5. The zero-order valence-electron chi connectivity index (χ0n) is 12.3. The number of carbonyl (C=O) groups is 1. The molecule has 0 spiro atoms. The normalized spacial score (nSPS) is 17.1. The van der Waals surface area contributed by atoms with E-state index in [-0.39, 0.29) is 5.91 Å². The number of amides is 1. The van der Waals surface area contributed by atoms with E-state index in [1.165, 1.54) is 7.11 Å². The lowest BCUT2D eigenvalue weighted by Gasteiger charge is -2.36. The van der Waals surface area contributed by atoms with Crippen molar-refractivity contribution in [1.29, 1.82) is 0 Å². The third-order valence-corrected chi connectivity index (χ3v) is 4.25. The van der Waals surface area contributed by atoms with E-state index in [2.05, 4.69) is 5.32 Å². The summed E-state index contributed by atoms with van der Waals surface area (Å²) in [7, 11) is 3.09. The van der Waals surface area contributed by atoms with Crippen LogP contribution in [0.5, 0.6) is 11.5 Å². The Morgan fingerprint density at radius 2 is 2.05 bits per heavy atom. The molecule has 21 heavy (non-hydrogen) atoms. The van der Waals surface area contributed by atoms with Crippen LogP contribution in [0.3, 0.4) is 0 Å². The van der Waals surface area contributed by atoms with Gasteiger partial charge < -0.3 is 19.5 Å². The molecule has 0 unspecified atom stereocenters. The first-order valence-corrected chi connectivity index (χ1v) is 7.36. The van der Waals surface area contributed by atoms with E-state index in [1.807, 2.05) is 0 Å². The minimum Gasteiger partial charge on any atom is -0.497 e. The molecule has 1 fully saturated rings. The minimum atomic E-state index is -0.415. The molecule has 0 aromatic heterocycles. The molecule has 0 saturated carbocycles. The summed E-state index contributed by atoms with van der Waals surface area (Å²) in [6.07, 6.45) is 1.42. The van der Waals surface area contributed by atoms with Crippen LogP contribution < -0.4 is 14.8 Å². The molecule has 1 heterocycles. The van der Waals surface area contributed by atoms with Crippen molar-refractivity contribution in [3.63, 3.8) is 0 Å². The van der Waals surface area contributed by atoms with Gasteiger partial charge >= 0.3 is 0 Å². The van der Waals surface area contributed by atoms with Crippen LogP contribution in [0.15, 0.2) is 18.2 Å². The second-order valence-electron chi connectivity index (χ2n) is 5.05. The molecule has 1 aromatic rings. The number of methoxy groups -OCH3 is 2. The average Bonchev–Trinajstić information content (AvgIpc) is 2.54. The van der Waals surface area contributed by atoms with Crippen LogP contribution >= 0.6 is 11.6 Å². The van der Waals surface area contributed by atoms with Crippen LogP contribution in [0, 0.1) is 0 Å². The van der Waals surface area contributed by atoms with E-state index >= 15 is 0 Å². The van der Waals surface area contributed by atoms with Gasteiger partial charge in [-0.25, -0.2) is 0 Å². The molecule has 116 valence electrons. The van der Waals surface area contributed by atoms with Gasteiger partial charge in [0, 0.05) is 25.2 Å². The summed E-state index contributed by atoms with van der Waals surface area (Å²) in [5, 5.41) is 3.04. The number of nitrogens with one attached hydrogen (secondary N) is 1. The van der Waals surface area contributed by atoms with Crippen LogP contribution in [0.4, 0.5) is 0 Å². The van der Waals surface area contributed by atoms with Gasteiger partial charge in [-0.15, -0.1) is 11.6 Å². The highest BCUT2D eigenvalue weighted by atomic mass is 35.5. The second kappa shape index (κ2) is 7.00. The smallest absolute Gasteiger partial charge is 0.255 e. The third kappa shape index (κ3) is 3.60. The number of hydrogen-bond acceptors (Lipinski definition) is 4. The van der Waals surface area contributed by atoms with Gasteiger partial charge in [-0.3, -0.25) is 4.79 Å². The van der Waals surface area contributed by atoms with Crippen molar-refractivity contribution in [2.75, 3.05) is 33.3 Å². The van der Waals surface area contributed by atoms with Crippen molar-refractivity contribution in [2.24, 2.45) is 0 Å². The lowest BCUT2D eigenvalue weighted by molar-refractivity contribution is 0.0433. The summed E-state index contributed by atoms with van der Waals surface area (Å²) in [6, 6.07) is 5.11. The predicted molar refractivity (Wildman–Crippen MR) is 80.5 cm³/mol. The Bertz CT molecular complexity index is 500. The molecule has 1 aromatic carbocycles. The maximum Gasteiger partial charge on any atom is 0.255 e. The van der Waals surface area contributed by atoms with Crippen LogP contribution in [0.1, 0.15) is 23.2 Å². The monoisotopic (exact) mass is 313 g/mol. The molecule has 0 radical (unpaired) electrons. The summed E-state index contributed by atoms with van der Waals surface area (Å²) >= 11 is 6.07. The van der Waals surface area contributed by atoms with Gasteiger partial charge in [0.05, 0.1) is 25.3 Å². The molecule has 1 amide bonds. The van der Waals surface area contributed by atoms with E-state index in [0.717, 1.165) is 0 Å². The molecule has 0 bridgehead atoms. The number of halogens is 1. The van der Waals surface area contributed by atoms with Crippen LogP contribution in [-0.4, -0.2) is 44.8 Å². The molecule has 1 aliphatic rings. The van der Waals surface area contributed by atoms with Crippen molar-refractivity contribution in [3.05, 3.63) is 23.8 Å². The summed E-state index contributed by atoms with van der Waals surface area (Å²) in [5.74, 6) is 1.28. The van der Waals surface area contributed by atoms with E-state index < -0.39 is 5.54 Å². The molecule has 0 aliphatic carbocycles. The van der Waals surface area contributed by atoms with Gasteiger partial charge in [-0.05, 0) is 25.0 Å². The number of benzene rings is 1. The Hall–Kier alpha value is -1.46. The molecule has 5 nitrogen and oxygen atoms in total. The van der Waals surface area contributed by atoms with E-state index in [0.29, 0.717) is 49.0 Å². The van der Waals surface area contributed by atoms with Gasteiger partial charge in [-0.1, -0.05) is 0 Å². The Morgan fingerprint density at radius 3 is 2.62 bits per heavy atom. The fraction of sp³-hybridized carbons (Fsp3) is 0.533. The molecule has 2 rings (SSSR count). The Balaban J connectivity index is 2.19. The second-order valence-corrected chi connectivity index (χ2v) is 5.31. The maximum atomic E-state index is 12.5. The highest BCUT2D eigenvalue weighted by Gasteiger charge is 2.34. The lowest BCUT2D eigenvalue weighted by atomic mass is 9.91. The summed E-state index contributed by atoms with van der Waals surface area (Å²) in [6.45, 7) is 1.21. The zero-order valence-corrected chi connectivity index (χ0v) is 13.0. The van der Waals surface area contributed by atoms with Gasteiger partial charge in [-0.2, -0.15) is 0 Å². The number of alkyl halides is 1. The number of carbonyl (C=O) groups excluding carboxylic acids is 1. The third-order valence-electron chi connectivity index (χ3n) is 3.74. The fourth-order valence-corrected chi connectivity index (χ4v) is 2.68. The number of hydrogen-bond donors (Lipinski definition) is 1. The molecular weight excluding hydrogens is 294 g/mol. The number of ether oxygens (including phenoxy) is 3. The lowest BCUT2D eigenvalue weighted by Crippen LogP contribution is -2.53. The first-order chi connectivity index (χ1) is 10.1.